The number of hydrogen-bond acceptors (Lipinski definition) is 5. The molecule has 0 saturated carbocycles. The predicted octanol–water partition coefficient (Wildman–Crippen LogP) is 2.87. The Morgan fingerprint density at radius 3 is 2.54 bits per heavy atom. The average molecular weight is 411 g/mol. The number of ether oxygens (including phenoxy) is 1. The first-order valence-electron chi connectivity index (χ1n) is 8.33. The van der Waals surface area contributed by atoms with Crippen LogP contribution in [-0.2, 0) is 0 Å². The Labute approximate surface area is 169 Å². The van der Waals surface area contributed by atoms with Crippen molar-refractivity contribution in [2.75, 3.05) is 0 Å². The lowest BCUT2D eigenvalue weighted by Gasteiger charge is -2.06. The number of hydrogen-bond donors (Lipinski definition) is 1. The molecular weight excluding hydrogens is 396 g/mol. The molecule has 1 aromatic heterocycles. The van der Waals surface area contributed by atoms with Crippen LogP contribution in [0.25, 0.3) is 12.2 Å². The molecule has 140 valence electrons. The van der Waals surface area contributed by atoms with Gasteiger partial charge in [0.2, 0.25) is 0 Å². The molecule has 2 aromatic carbocycles. The van der Waals surface area contributed by atoms with Crippen LogP contribution in [0, 0.1) is 11.3 Å². The number of nitriles is 1. The number of carbonyl (C=O) groups excluding carboxylic acids is 1. The van der Waals surface area contributed by atoms with Crippen LogP contribution in [0.15, 0.2) is 53.3 Å². The van der Waals surface area contributed by atoms with Gasteiger partial charge in [0.15, 0.2) is 11.9 Å². The molecule has 3 rings (SSSR count). The van der Waals surface area contributed by atoms with E-state index in [9.17, 15) is 9.59 Å². The Morgan fingerprint density at radius 1 is 1.21 bits per heavy atom. The molecule has 7 heteroatoms. The van der Waals surface area contributed by atoms with E-state index in [2.05, 4.69) is 4.98 Å². The summed E-state index contributed by atoms with van der Waals surface area (Å²) in [5.74, 6) is 0.364. The van der Waals surface area contributed by atoms with Crippen LogP contribution in [0.2, 0.25) is 5.02 Å². The van der Waals surface area contributed by atoms with Crippen LogP contribution in [0.3, 0.4) is 0 Å². The number of Topliss-reactive ketones (excluding diaryl/α,β-unsaturated/α-hetero) is 1. The first-order chi connectivity index (χ1) is 13.4. The summed E-state index contributed by atoms with van der Waals surface area (Å²) < 4.78 is 6.35. The summed E-state index contributed by atoms with van der Waals surface area (Å²) in [5, 5.41) is 9.33. The summed E-state index contributed by atoms with van der Waals surface area (Å²) in [6.45, 7) is 1.66. The van der Waals surface area contributed by atoms with Crippen molar-refractivity contribution in [1.82, 2.24) is 4.98 Å². The monoisotopic (exact) mass is 410 g/mol. The van der Waals surface area contributed by atoms with Gasteiger partial charge < -0.3 is 9.72 Å². The first-order valence-corrected chi connectivity index (χ1v) is 9.53. The van der Waals surface area contributed by atoms with Gasteiger partial charge in [0.05, 0.1) is 9.20 Å². The Morgan fingerprint density at radius 2 is 1.89 bits per heavy atom. The topological polar surface area (TPSA) is 82.9 Å². The van der Waals surface area contributed by atoms with Crippen molar-refractivity contribution in [3.8, 4) is 11.8 Å². The number of aromatic amines is 1. The lowest BCUT2D eigenvalue weighted by Crippen LogP contribution is -2.20. The molecule has 3 aromatic rings. The highest BCUT2D eigenvalue weighted by Crippen LogP contribution is 2.14. The fourth-order valence-corrected chi connectivity index (χ4v) is 3.38. The van der Waals surface area contributed by atoms with Crippen LogP contribution < -0.4 is 19.5 Å². The van der Waals surface area contributed by atoms with E-state index in [1.165, 1.54) is 17.4 Å². The maximum atomic E-state index is 12.3. The summed E-state index contributed by atoms with van der Waals surface area (Å²) in [7, 11) is 0. The number of thiazole rings is 1. The molecule has 0 bridgehead atoms. The zero-order valence-corrected chi connectivity index (χ0v) is 16.4. The van der Waals surface area contributed by atoms with E-state index in [0.717, 1.165) is 5.56 Å². The molecule has 0 saturated heterocycles. The summed E-state index contributed by atoms with van der Waals surface area (Å²) >= 11 is 7.02. The molecule has 0 radical (unpaired) electrons. The smallest absolute Gasteiger partial charge is 0.266 e. The first kappa shape index (κ1) is 19.6. The van der Waals surface area contributed by atoms with Gasteiger partial charge >= 0.3 is 0 Å². The Kier molecular flexibility index (Phi) is 6.09. The molecule has 1 unspecified atom stereocenters. The molecule has 1 heterocycles. The van der Waals surface area contributed by atoms with Gasteiger partial charge in [-0.2, -0.15) is 5.26 Å². The van der Waals surface area contributed by atoms with Crippen molar-refractivity contribution in [3.05, 3.63) is 84.2 Å². The Balaban J connectivity index is 1.85. The van der Waals surface area contributed by atoms with Crippen molar-refractivity contribution in [2.24, 2.45) is 0 Å². The minimum absolute atomic E-state index is 0.214. The van der Waals surface area contributed by atoms with Crippen LogP contribution >= 0.6 is 22.9 Å². The number of H-pyrrole nitrogens is 1. The van der Waals surface area contributed by atoms with Crippen molar-refractivity contribution < 1.29 is 9.53 Å². The molecule has 0 aliphatic heterocycles. The van der Waals surface area contributed by atoms with E-state index in [0.29, 0.717) is 25.5 Å². The van der Waals surface area contributed by atoms with E-state index in [1.807, 2.05) is 6.07 Å². The third kappa shape index (κ3) is 4.97. The zero-order valence-electron chi connectivity index (χ0n) is 14.8. The van der Waals surface area contributed by atoms with Crippen LogP contribution in [-0.4, -0.2) is 16.9 Å². The number of benzene rings is 2. The molecule has 1 N–H and O–H groups in total. The van der Waals surface area contributed by atoms with E-state index < -0.39 is 6.10 Å². The van der Waals surface area contributed by atoms with Gasteiger partial charge in [0.25, 0.3) is 5.56 Å². The molecule has 5 nitrogen and oxygen atoms in total. The number of nitrogens with zero attached hydrogens (tertiary/aromatic N) is 1. The summed E-state index contributed by atoms with van der Waals surface area (Å²) in [6, 6.07) is 15.6. The minimum atomic E-state index is -0.536. The fourth-order valence-electron chi connectivity index (χ4n) is 2.37. The van der Waals surface area contributed by atoms with Gasteiger partial charge in [-0.3, -0.25) is 9.59 Å². The average Bonchev–Trinajstić information content (AvgIpc) is 3.02. The third-order valence-electron chi connectivity index (χ3n) is 3.74. The van der Waals surface area contributed by atoms with Crippen molar-refractivity contribution in [1.29, 1.82) is 5.26 Å². The third-order valence-corrected chi connectivity index (χ3v) is 4.96. The van der Waals surface area contributed by atoms with Crippen LogP contribution in [0.1, 0.15) is 22.8 Å². The van der Waals surface area contributed by atoms with Crippen molar-refractivity contribution in [2.45, 2.75) is 13.0 Å². The lowest BCUT2D eigenvalue weighted by atomic mass is 10.1. The summed E-state index contributed by atoms with van der Waals surface area (Å²) in [5.41, 5.74) is 1.03. The molecule has 0 aliphatic rings. The highest BCUT2D eigenvalue weighted by atomic mass is 35.5. The standard InChI is InChI=1S/C21H15ClN2O3S/c1-13(12-23)27-17-8-2-14(3-9-17)10-19-21(26)24-20(28-19)11-18(25)15-4-6-16(22)7-5-15/h2-11,13H,1H3,(H,24,26)/b19-10+,20-11-. The summed E-state index contributed by atoms with van der Waals surface area (Å²) in [4.78, 5) is 27.2. The van der Waals surface area contributed by atoms with Crippen molar-refractivity contribution in [3.63, 3.8) is 0 Å². The second-order valence-electron chi connectivity index (χ2n) is 5.90. The Bertz CT molecular complexity index is 1200. The van der Waals surface area contributed by atoms with E-state index in [4.69, 9.17) is 21.6 Å². The minimum Gasteiger partial charge on any atom is -0.476 e. The molecule has 0 spiro atoms. The normalized spacial score (nSPS) is 13.2. The SMILES string of the molecule is CC(C#N)Oc1ccc(/C=c2/s/c(=C\C(=O)c3ccc(Cl)cc3)[nH]c2=O)cc1. The van der Waals surface area contributed by atoms with Gasteiger partial charge in [0.1, 0.15) is 11.8 Å². The van der Waals surface area contributed by atoms with E-state index in [1.54, 1.807) is 61.5 Å². The van der Waals surface area contributed by atoms with E-state index in [-0.39, 0.29) is 11.3 Å². The Hall–Kier alpha value is -3.14. The van der Waals surface area contributed by atoms with Crippen LogP contribution in [0.4, 0.5) is 0 Å². The van der Waals surface area contributed by atoms with Crippen molar-refractivity contribution >= 4 is 40.9 Å². The zero-order chi connectivity index (χ0) is 20.1. The van der Waals surface area contributed by atoms with Gasteiger partial charge in [-0.15, -0.1) is 11.3 Å². The largest absolute Gasteiger partial charge is 0.476 e. The number of nitrogens with one attached hydrogen (secondary N) is 1. The van der Waals surface area contributed by atoms with Gasteiger partial charge in [0, 0.05) is 16.7 Å². The number of carbonyl (C=O) groups is 1. The molecule has 1 atom stereocenters. The number of ketones is 1. The second kappa shape index (κ2) is 8.70. The van der Waals surface area contributed by atoms with Crippen LogP contribution in [0.5, 0.6) is 5.75 Å². The highest BCUT2D eigenvalue weighted by Gasteiger charge is 2.04. The fraction of sp³-hybridized carbons (Fsp3) is 0.0952. The van der Waals surface area contributed by atoms with Gasteiger partial charge in [-0.25, -0.2) is 0 Å². The predicted molar refractivity (Wildman–Crippen MR) is 110 cm³/mol. The quantitative estimate of drug-likeness (QED) is 0.655. The number of rotatable bonds is 5. The number of aromatic nitrogens is 1. The summed E-state index contributed by atoms with van der Waals surface area (Å²) in [6.07, 6.45) is 2.59. The molecule has 28 heavy (non-hydrogen) atoms. The lowest BCUT2D eigenvalue weighted by molar-refractivity contribution is 0.106. The van der Waals surface area contributed by atoms with E-state index >= 15 is 0 Å². The maximum Gasteiger partial charge on any atom is 0.266 e. The van der Waals surface area contributed by atoms with Gasteiger partial charge in [-0.05, 0) is 55.0 Å². The number of halogens is 1. The molecule has 0 amide bonds. The maximum absolute atomic E-state index is 12.3. The molecule has 0 aliphatic carbocycles. The molecular formula is C21H15ClN2O3S. The highest BCUT2D eigenvalue weighted by molar-refractivity contribution is 7.07. The molecule has 0 fully saturated rings. The second-order valence-corrected chi connectivity index (χ2v) is 7.42. The van der Waals surface area contributed by atoms with Gasteiger partial charge in [-0.1, -0.05) is 23.7 Å².